The van der Waals surface area contributed by atoms with E-state index in [9.17, 15) is 9.59 Å². The van der Waals surface area contributed by atoms with E-state index in [1.54, 1.807) is 18.2 Å². The molecule has 20 heavy (non-hydrogen) atoms. The highest BCUT2D eigenvalue weighted by molar-refractivity contribution is 5.92. The van der Waals surface area contributed by atoms with Crippen LogP contribution < -0.4 is 5.32 Å². The molecule has 1 aromatic carbocycles. The Morgan fingerprint density at radius 3 is 2.45 bits per heavy atom. The van der Waals surface area contributed by atoms with E-state index in [1.807, 2.05) is 27.7 Å². The molecular weight excluding hydrogens is 258 g/mol. The van der Waals surface area contributed by atoms with Crippen molar-refractivity contribution in [3.63, 3.8) is 0 Å². The van der Waals surface area contributed by atoms with Crippen molar-refractivity contribution in [3.8, 4) is 0 Å². The third-order valence-electron chi connectivity index (χ3n) is 2.50. The van der Waals surface area contributed by atoms with Crippen LogP contribution in [0.3, 0.4) is 0 Å². The van der Waals surface area contributed by atoms with Crippen molar-refractivity contribution in [2.45, 2.75) is 33.3 Å². The predicted octanol–water partition coefficient (Wildman–Crippen LogP) is 2.54. The Kier molecular flexibility index (Phi) is 5.13. The van der Waals surface area contributed by atoms with Crippen LogP contribution in [-0.4, -0.2) is 31.2 Å². The van der Waals surface area contributed by atoms with Crippen molar-refractivity contribution in [3.05, 3.63) is 29.3 Å². The number of anilines is 1. The van der Waals surface area contributed by atoms with E-state index in [2.05, 4.69) is 5.32 Å². The van der Waals surface area contributed by atoms with E-state index in [0.29, 0.717) is 11.3 Å². The monoisotopic (exact) mass is 279 g/mol. The zero-order chi connectivity index (χ0) is 15.3. The van der Waals surface area contributed by atoms with Crippen LogP contribution in [0, 0.1) is 6.92 Å². The topological polar surface area (TPSA) is 64.6 Å². The second kappa shape index (κ2) is 6.41. The van der Waals surface area contributed by atoms with Gasteiger partial charge in [0.2, 0.25) is 0 Å². The number of nitrogens with one attached hydrogen (secondary N) is 1. The van der Waals surface area contributed by atoms with Crippen LogP contribution in [0.15, 0.2) is 18.2 Å². The summed E-state index contributed by atoms with van der Waals surface area (Å²) >= 11 is 0. The van der Waals surface area contributed by atoms with Gasteiger partial charge in [-0.3, -0.25) is 4.79 Å². The molecule has 0 amide bonds. The van der Waals surface area contributed by atoms with Crippen LogP contribution in [0.5, 0.6) is 0 Å². The average Bonchev–Trinajstić information content (AvgIpc) is 2.35. The lowest BCUT2D eigenvalue weighted by Crippen LogP contribution is -2.28. The van der Waals surface area contributed by atoms with E-state index in [1.165, 1.54) is 7.11 Å². The van der Waals surface area contributed by atoms with Crippen LogP contribution in [0.4, 0.5) is 5.69 Å². The molecule has 0 spiro atoms. The van der Waals surface area contributed by atoms with Crippen molar-refractivity contribution < 1.29 is 19.1 Å². The molecule has 0 fully saturated rings. The number of benzene rings is 1. The van der Waals surface area contributed by atoms with Gasteiger partial charge in [-0.15, -0.1) is 0 Å². The molecule has 1 rings (SSSR count). The molecule has 0 radical (unpaired) electrons. The van der Waals surface area contributed by atoms with Gasteiger partial charge < -0.3 is 14.8 Å². The van der Waals surface area contributed by atoms with Crippen LogP contribution in [0.25, 0.3) is 0 Å². The van der Waals surface area contributed by atoms with Gasteiger partial charge in [0, 0.05) is 5.69 Å². The number of hydrogen-bond donors (Lipinski definition) is 1. The van der Waals surface area contributed by atoms with Gasteiger partial charge >= 0.3 is 11.9 Å². The molecule has 1 aromatic rings. The van der Waals surface area contributed by atoms with Gasteiger partial charge in [-0.1, -0.05) is 6.07 Å². The first-order chi connectivity index (χ1) is 9.23. The minimum absolute atomic E-state index is 0.0426. The molecule has 0 aliphatic carbocycles. The number of aryl methyl sites for hydroxylation is 1. The van der Waals surface area contributed by atoms with Gasteiger partial charge in [0.05, 0.1) is 12.7 Å². The third kappa shape index (κ3) is 4.91. The highest BCUT2D eigenvalue weighted by Crippen LogP contribution is 2.16. The van der Waals surface area contributed by atoms with Gasteiger partial charge in [-0.25, -0.2) is 4.79 Å². The summed E-state index contributed by atoms with van der Waals surface area (Å²) in [6.07, 6.45) is 0. The molecule has 0 heterocycles. The van der Waals surface area contributed by atoms with E-state index in [-0.39, 0.29) is 12.5 Å². The fourth-order valence-corrected chi connectivity index (χ4v) is 1.61. The predicted molar refractivity (Wildman–Crippen MR) is 76.9 cm³/mol. The molecule has 1 N–H and O–H groups in total. The maximum Gasteiger partial charge on any atom is 0.338 e. The summed E-state index contributed by atoms with van der Waals surface area (Å²) in [5.41, 5.74) is 1.45. The largest absolute Gasteiger partial charge is 0.465 e. The number of carbonyl (C=O) groups excluding carboxylic acids is 2. The molecule has 0 atom stereocenters. The summed E-state index contributed by atoms with van der Waals surface area (Å²) < 4.78 is 9.89. The molecule has 110 valence electrons. The van der Waals surface area contributed by atoms with Gasteiger partial charge in [-0.05, 0) is 45.4 Å². The lowest BCUT2D eigenvalue weighted by molar-refractivity contribution is -0.152. The summed E-state index contributed by atoms with van der Waals surface area (Å²) in [5.74, 6) is -0.749. The SMILES string of the molecule is COC(=O)c1cc(NCC(=O)OC(C)(C)C)ccc1C. The maximum absolute atomic E-state index is 11.6. The summed E-state index contributed by atoms with van der Waals surface area (Å²) in [6.45, 7) is 7.30. The van der Waals surface area contributed by atoms with E-state index in [4.69, 9.17) is 9.47 Å². The number of carbonyl (C=O) groups is 2. The van der Waals surface area contributed by atoms with Crippen molar-refractivity contribution in [2.75, 3.05) is 19.0 Å². The minimum atomic E-state index is -0.511. The molecule has 0 aliphatic rings. The van der Waals surface area contributed by atoms with E-state index in [0.717, 1.165) is 5.56 Å². The molecule has 5 heteroatoms. The third-order valence-corrected chi connectivity index (χ3v) is 2.50. The number of esters is 2. The van der Waals surface area contributed by atoms with Crippen LogP contribution in [0.1, 0.15) is 36.7 Å². The molecule has 0 aliphatic heterocycles. The zero-order valence-electron chi connectivity index (χ0n) is 12.6. The standard InChI is InChI=1S/C15H21NO4/c1-10-6-7-11(8-12(10)14(18)19-5)16-9-13(17)20-15(2,3)4/h6-8,16H,9H2,1-5H3. The maximum atomic E-state index is 11.6. The molecule has 5 nitrogen and oxygen atoms in total. The molecule has 0 saturated carbocycles. The fraction of sp³-hybridized carbons (Fsp3) is 0.467. The Labute approximate surface area is 119 Å². The molecular formula is C15H21NO4. The van der Waals surface area contributed by atoms with Crippen LogP contribution in [0.2, 0.25) is 0 Å². The average molecular weight is 279 g/mol. The summed E-state index contributed by atoms with van der Waals surface area (Å²) in [6, 6.07) is 5.25. The molecule has 0 unspecified atom stereocenters. The lowest BCUT2D eigenvalue weighted by Gasteiger charge is -2.19. The second-order valence-corrected chi connectivity index (χ2v) is 5.46. The van der Waals surface area contributed by atoms with Crippen molar-refractivity contribution >= 4 is 17.6 Å². The quantitative estimate of drug-likeness (QED) is 0.858. The highest BCUT2D eigenvalue weighted by Gasteiger charge is 2.16. The first-order valence-corrected chi connectivity index (χ1v) is 6.37. The lowest BCUT2D eigenvalue weighted by atomic mass is 10.1. The van der Waals surface area contributed by atoms with Gasteiger partial charge in [0.25, 0.3) is 0 Å². The Hall–Kier alpha value is -2.04. The molecule has 0 saturated heterocycles. The van der Waals surface area contributed by atoms with Gasteiger partial charge in [0.1, 0.15) is 12.1 Å². The minimum Gasteiger partial charge on any atom is -0.465 e. The van der Waals surface area contributed by atoms with Crippen LogP contribution >= 0.6 is 0 Å². The Morgan fingerprint density at radius 1 is 1.25 bits per heavy atom. The number of rotatable bonds is 4. The van der Waals surface area contributed by atoms with Gasteiger partial charge in [0.15, 0.2) is 0 Å². The normalized spacial score (nSPS) is 10.8. The Morgan fingerprint density at radius 2 is 1.90 bits per heavy atom. The first kappa shape index (κ1) is 16.0. The number of hydrogen-bond acceptors (Lipinski definition) is 5. The number of ether oxygens (including phenoxy) is 2. The first-order valence-electron chi connectivity index (χ1n) is 6.37. The zero-order valence-corrected chi connectivity index (χ0v) is 12.6. The summed E-state index contributed by atoms with van der Waals surface area (Å²) in [4.78, 5) is 23.2. The Bertz CT molecular complexity index is 503. The smallest absolute Gasteiger partial charge is 0.338 e. The molecule has 0 aromatic heterocycles. The second-order valence-electron chi connectivity index (χ2n) is 5.46. The van der Waals surface area contributed by atoms with Crippen molar-refractivity contribution in [1.29, 1.82) is 0 Å². The van der Waals surface area contributed by atoms with Crippen molar-refractivity contribution in [2.24, 2.45) is 0 Å². The Balaban J connectivity index is 2.70. The van der Waals surface area contributed by atoms with Crippen LogP contribution in [-0.2, 0) is 14.3 Å². The molecule has 0 bridgehead atoms. The van der Waals surface area contributed by atoms with E-state index < -0.39 is 11.6 Å². The van der Waals surface area contributed by atoms with E-state index >= 15 is 0 Å². The number of methoxy groups -OCH3 is 1. The van der Waals surface area contributed by atoms with Gasteiger partial charge in [-0.2, -0.15) is 0 Å². The summed E-state index contributed by atoms with van der Waals surface area (Å²) in [5, 5.41) is 2.93. The fourth-order valence-electron chi connectivity index (χ4n) is 1.61. The highest BCUT2D eigenvalue weighted by atomic mass is 16.6. The van der Waals surface area contributed by atoms with Crippen molar-refractivity contribution in [1.82, 2.24) is 0 Å². The summed E-state index contributed by atoms with van der Waals surface area (Å²) in [7, 11) is 1.34.